The predicted molar refractivity (Wildman–Crippen MR) is 131 cm³/mol. The maximum absolute atomic E-state index is 13.2. The van der Waals surface area contributed by atoms with E-state index in [0.717, 1.165) is 5.56 Å². The summed E-state index contributed by atoms with van der Waals surface area (Å²) in [7, 11) is 0. The molecular weight excluding hydrogens is 434 g/mol. The third-order valence-electron chi connectivity index (χ3n) is 5.13. The van der Waals surface area contributed by atoms with Gasteiger partial charge in [-0.25, -0.2) is 4.79 Å². The first kappa shape index (κ1) is 27.4. The lowest BCUT2D eigenvalue weighted by Crippen LogP contribution is -2.51. The van der Waals surface area contributed by atoms with Crippen molar-refractivity contribution < 1.29 is 23.9 Å². The first-order valence-corrected chi connectivity index (χ1v) is 11.9. The molecule has 34 heavy (non-hydrogen) atoms. The SMILES string of the molecule is CC(C)C[C@H](NC(=O)OC(C)(C)C)C(=O)N[C@H](/C=C/C(=O)N1CCOCC1)Cc1ccccc1. The fourth-order valence-corrected chi connectivity index (χ4v) is 3.56. The van der Waals surface area contributed by atoms with Crippen molar-refractivity contribution in [3.8, 4) is 0 Å². The molecule has 0 saturated carbocycles. The molecule has 1 aromatic carbocycles. The third-order valence-corrected chi connectivity index (χ3v) is 5.13. The summed E-state index contributed by atoms with van der Waals surface area (Å²) in [4.78, 5) is 39.9. The van der Waals surface area contributed by atoms with Crippen LogP contribution in [0.3, 0.4) is 0 Å². The minimum atomic E-state index is -0.753. The molecule has 0 radical (unpaired) electrons. The zero-order chi connectivity index (χ0) is 25.1. The van der Waals surface area contributed by atoms with Crippen LogP contribution in [-0.4, -0.2) is 66.8 Å². The van der Waals surface area contributed by atoms with Crippen LogP contribution in [0.4, 0.5) is 4.79 Å². The number of nitrogens with zero attached hydrogens (tertiary/aromatic N) is 1. The Labute approximate surface area is 203 Å². The highest BCUT2D eigenvalue weighted by Crippen LogP contribution is 2.11. The van der Waals surface area contributed by atoms with Crippen LogP contribution >= 0.6 is 0 Å². The van der Waals surface area contributed by atoms with Crippen molar-refractivity contribution in [1.29, 1.82) is 0 Å². The number of carbonyl (C=O) groups is 3. The molecule has 2 N–H and O–H groups in total. The van der Waals surface area contributed by atoms with Crippen molar-refractivity contribution in [1.82, 2.24) is 15.5 Å². The Balaban J connectivity index is 2.13. The molecule has 1 aliphatic rings. The summed E-state index contributed by atoms with van der Waals surface area (Å²) < 4.78 is 10.6. The van der Waals surface area contributed by atoms with E-state index < -0.39 is 23.8 Å². The molecule has 0 unspecified atom stereocenters. The topological polar surface area (TPSA) is 97.0 Å². The van der Waals surface area contributed by atoms with Crippen LogP contribution in [-0.2, 0) is 25.5 Å². The van der Waals surface area contributed by atoms with Crippen molar-refractivity contribution in [3.05, 3.63) is 48.0 Å². The largest absolute Gasteiger partial charge is 0.444 e. The van der Waals surface area contributed by atoms with Crippen LogP contribution in [0, 0.1) is 5.92 Å². The highest BCUT2D eigenvalue weighted by Gasteiger charge is 2.26. The number of carbonyl (C=O) groups excluding carboxylic acids is 3. The molecule has 1 saturated heterocycles. The summed E-state index contributed by atoms with van der Waals surface area (Å²) in [6.45, 7) is 11.4. The van der Waals surface area contributed by atoms with Crippen molar-refractivity contribution in [2.45, 2.75) is 65.1 Å². The number of nitrogens with one attached hydrogen (secondary N) is 2. The van der Waals surface area contributed by atoms with Gasteiger partial charge in [0.1, 0.15) is 11.6 Å². The van der Waals surface area contributed by atoms with Crippen LogP contribution in [0.15, 0.2) is 42.5 Å². The Kier molecular flexibility index (Phi) is 10.6. The Bertz CT molecular complexity index is 827. The lowest BCUT2D eigenvalue weighted by atomic mass is 10.0. The lowest BCUT2D eigenvalue weighted by molar-refractivity contribution is -0.130. The molecule has 2 atom stereocenters. The van der Waals surface area contributed by atoms with E-state index in [1.54, 1.807) is 31.7 Å². The first-order valence-electron chi connectivity index (χ1n) is 11.9. The van der Waals surface area contributed by atoms with Gasteiger partial charge in [0.2, 0.25) is 11.8 Å². The van der Waals surface area contributed by atoms with Crippen LogP contribution in [0.25, 0.3) is 0 Å². The molecule has 188 valence electrons. The van der Waals surface area contributed by atoms with Gasteiger partial charge in [0.05, 0.1) is 19.3 Å². The Morgan fingerprint density at radius 3 is 2.32 bits per heavy atom. The summed E-state index contributed by atoms with van der Waals surface area (Å²) in [5, 5.41) is 5.71. The zero-order valence-electron chi connectivity index (χ0n) is 21.0. The Hall–Kier alpha value is -2.87. The second-order valence-corrected chi connectivity index (χ2v) is 9.93. The second-order valence-electron chi connectivity index (χ2n) is 9.93. The minimum absolute atomic E-state index is 0.110. The van der Waals surface area contributed by atoms with Crippen LogP contribution in [0.2, 0.25) is 0 Å². The molecule has 0 aliphatic carbocycles. The number of morpholine rings is 1. The molecule has 8 heteroatoms. The van der Waals surface area contributed by atoms with E-state index in [1.807, 2.05) is 44.2 Å². The van der Waals surface area contributed by atoms with E-state index in [2.05, 4.69) is 10.6 Å². The van der Waals surface area contributed by atoms with E-state index in [4.69, 9.17) is 9.47 Å². The molecule has 0 spiro atoms. The average molecular weight is 474 g/mol. The Morgan fingerprint density at radius 1 is 1.09 bits per heavy atom. The fourth-order valence-electron chi connectivity index (χ4n) is 3.56. The maximum Gasteiger partial charge on any atom is 0.408 e. The van der Waals surface area contributed by atoms with Crippen molar-refractivity contribution in [2.24, 2.45) is 5.92 Å². The first-order chi connectivity index (χ1) is 16.0. The fraction of sp³-hybridized carbons (Fsp3) is 0.577. The molecule has 1 heterocycles. The third kappa shape index (κ3) is 10.4. The highest BCUT2D eigenvalue weighted by molar-refractivity contribution is 5.88. The molecule has 0 aromatic heterocycles. The van der Waals surface area contributed by atoms with Gasteiger partial charge in [-0.2, -0.15) is 0 Å². The molecule has 8 nitrogen and oxygen atoms in total. The number of benzene rings is 1. The molecule has 1 aliphatic heterocycles. The summed E-state index contributed by atoms with van der Waals surface area (Å²) in [6.07, 6.45) is 3.58. The molecule has 2 rings (SSSR count). The molecule has 3 amide bonds. The van der Waals surface area contributed by atoms with E-state index >= 15 is 0 Å². The van der Waals surface area contributed by atoms with Crippen molar-refractivity contribution in [2.75, 3.05) is 26.3 Å². The number of ether oxygens (including phenoxy) is 2. The van der Waals surface area contributed by atoms with Gasteiger partial charge in [-0.15, -0.1) is 0 Å². The maximum atomic E-state index is 13.2. The highest BCUT2D eigenvalue weighted by atomic mass is 16.6. The Morgan fingerprint density at radius 2 is 1.74 bits per heavy atom. The van der Waals surface area contributed by atoms with Gasteiger partial charge in [0, 0.05) is 19.2 Å². The standard InChI is InChI=1S/C26H39N3O5/c1-19(2)17-22(28-25(32)34-26(3,4)5)24(31)27-21(18-20-9-7-6-8-10-20)11-12-23(30)29-13-15-33-16-14-29/h6-12,19,21-22H,13-18H2,1-5H3,(H,27,31)(H,28,32)/b12-11+/t21-,22+/m1/s1. The van der Waals surface area contributed by atoms with Gasteiger partial charge in [0.25, 0.3) is 0 Å². The molecule has 1 aromatic rings. The van der Waals surface area contributed by atoms with Crippen molar-refractivity contribution >= 4 is 17.9 Å². The van der Waals surface area contributed by atoms with Crippen LogP contribution < -0.4 is 10.6 Å². The van der Waals surface area contributed by atoms with Gasteiger partial charge in [-0.1, -0.05) is 50.3 Å². The normalized spacial score (nSPS) is 16.2. The van der Waals surface area contributed by atoms with E-state index in [1.165, 1.54) is 6.08 Å². The van der Waals surface area contributed by atoms with Gasteiger partial charge in [0.15, 0.2) is 0 Å². The summed E-state index contributed by atoms with van der Waals surface area (Å²) in [5.41, 5.74) is 0.359. The van der Waals surface area contributed by atoms with Crippen LogP contribution in [0.1, 0.15) is 46.6 Å². The van der Waals surface area contributed by atoms with Crippen molar-refractivity contribution in [3.63, 3.8) is 0 Å². The summed E-state index contributed by atoms with van der Waals surface area (Å²) >= 11 is 0. The molecule has 1 fully saturated rings. The lowest BCUT2D eigenvalue weighted by Gasteiger charge is -2.26. The second kappa shape index (κ2) is 13.1. The molecular formula is C26H39N3O5. The number of hydrogen-bond acceptors (Lipinski definition) is 5. The predicted octanol–water partition coefficient (Wildman–Crippen LogP) is 3.07. The monoisotopic (exact) mass is 473 g/mol. The summed E-state index contributed by atoms with van der Waals surface area (Å²) in [6, 6.07) is 8.57. The van der Waals surface area contributed by atoms with Gasteiger partial charge < -0.3 is 25.0 Å². The molecule has 0 bridgehead atoms. The van der Waals surface area contributed by atoms with E-state index in [0.29, 0.717) is 39.1 Å². The minimum Gasteiger partial charge on any atom is -0.444 e. The smallest absolute Gasteiger partial charge is 0.408 e. The number of rotatable bonds is 9. The summed E-state index contributed by atoms with van der Waals surface area (Å²) in [5.74, 6) is -0.248. The number of amides is 3. The van der Waals surface area contributed by atoms with E-state index in [9.17, 15) is 14.4 Å². The van der Waals surface area contributed by atoms with Crippen LogP contribution in [0.5, 0.6) is 0 Å². The number of alkyl carbamates (subject to hydrolysis) is 1. The quantitative estimate of drug-likeness (QED) is 0.538. The van der Waals surface area contributed by atoms with E-state index in [-0.39, 0.29) is 17.7 Å². The zero-order valence-corrected chi connectivity index (χ0v) is 21.0. The van der Waals surface area contributed by atoms with Gasteiger partial charge >= 0.3 is 6.09 Å². The number of hydrogen-bond donors (Lipinski definition) is 2. The van der Waals surface area contributed by atoms with Gasteiger partial charge in [-0.05, 0) is 45.1 Å². The average Bonchev–Trinajstić information content (AvgIpc) is 2.76. The van der Waals surface area contributed by atoms with Gasteiger partial charge in [-0.3, -0.25) is 9.59 Å².